The van der Waals surface area contributed by atoms with Gasteiger partial charge in [-0.2, -0.15) is 0 Å². The van der Waals surface area contributed by atoms with Gasteiger partial charge in [0.2, 0.25) is 0 Å². The molecule has 1 aromatic rings. The summed E-state index contributed by atoms with van der Waals surface area (Å²) >= 11 is 0. The number of carbonyl (C=O) groups is 2. The van der Waals surface area contributed by atoms with E-state index in [0.29, 0.717) is 12.2 Å². The largest absolute Gasteiger partial charge is 0.481 e. The van der Waals surface area contributed by atoms with Gasteiger partial charge in [-0.25, -0.2) is 0 Å². The summed E-state index contributed by atoms with van der Waals surface area (Å²) in [6.45, 7) is 7.40. The van der Waals surface area contributed by atoms with Crippen LogP contribution in [-0.4, -0.2) is 28.7 Å². The highest BCUT2D eigenvalue weighted by Gasteiger charge is 2.26. The van der Waals surface area contributed by atoms with Crippen molar-refractivity contribution in [3.05, 3.63) is 17.5 Å². The summed E-state index contributed by atoms with van der Waals surface area (Å²) in [7, 11) is 0. The Morgan fingerprint density at radius 2 is 2.11 bits per heavy atom. The quantitative estimate of drug-likeness (QED) is 0.823. The average Bonchev–Trinajstić information content (AvgIpc) is 2.77. The van der Waals surface area contributed by atoms with Gasteiger partial charge in [0.05, 0.1) is 5.41 Å². The average molecular weight is 268 g/mol. The number of nitrogens with zero attached hydrogens (tertiary/aromatic N) is 1. The molecular formula is C13H20N2O4. The molecule has 0 saturated heterocycles. The Labute approximate surface area is 112 Å². The molecule has 1 aromatic heterocycles. The first-order valence-corrected chi connectivity index (χ1v) is 6.22. The van der Waals surface area contributed by atoms with E-state index >= 15 is 0 Å². The lowest BCUT2D eigenvalue weighted by atomic mass is 9.90. The molecule has 0 bridgehead atoms. The summed E-state index contributed by atoms with van der Waals surface area (Å²) in [5.41, 5.74) is -0.642. The van der Waals surface area contributed by atoms with Gasteiger partial charge in [-0.1, -0.05) is 19.0 Å². The van der Waals surface area contributed by atoms with Crippen molar-refractivity contribution in [3.63, 3.8) is 0 Å². The van der Waals surface area contributed by atoms with Gasteiger partial charge < -0.3 is 14.9 Å². The molecule has 0 radical (unpaired) electrons. The van der Waals surface area contributed by atoms with Gasteiger partial charge in [0, 0.05) is 18.5 Å². The molecule has 0 aromatic carbocycles. The lowest BCUT2D eigenvalue weighted by molar-refractivity contribution is -0.147. The maximum absolute atomic E-state index is 11.8. The molecule has 0 fully saturated rings. The van der Waals surface area contributed by atoms with E-state index in [-0.39, 0.29) is 24.1 Å². The van der Waals surface area contributed by atoms with Crippen molar-refractivity contribution >= 4 is 11.9 Å². The lowest BCUT2D eigenvalue weighted by Crippen LogP contribution is -2.32. The Hall–Kier alpha value is -1.85. The molecule has 0 saturated carbocycles. The van der Waals surface area contributed by atoms with Crippen molar-refractivity contribution in [3.8, 4) is 0 Å². The van der Waals surface area contributed by atoms with Crippen LogP contribution in [0.2, 0.25) is 0 Å². The Balaban J connectivity index is 2.49. The molecule has 6 nitrogen and oxygen atoms in total. The van der Waals surface area contributed by atoms with Crippen LogP contribution in [0.1, 0.15) is 56.3 Å². The minimum absolute atomic E-state index is 0.167. The van der Waals surface area contributed by atoms with E-state index in [1.54, 1.807) is 19.9 Å². The highest BCUT2D eigenvalue weighted by molar-refractivity contribution is 5.92. The van der Waals surface area contributed by atoms with Crippen molar-refractivity contribution < 1.29 is 19.2 Å². The summed E-state index contributed by atoms with van der Waals surface area (Å²) < 4.78 is 5.03. The number of carboxylic acid groups (broad SMARTS) is 1. The van der Waals surface area contributed by atoms with Gasteiger partial charge in [-0.15, -0.1) is 0 Å². The second kappa shape index (κ2) is 5.86. The van der Waals surface area contributed by atoms with E-state index in [2.05, 4.69) is 10.5 Å². The SMILES string of the molecule is CC(C)c1cc(C(=O)NCCC(C)(C)C(=O)O)no1. The van der Waals surface area contributed by atoms with Gasteiger partial charge >= 0.3 is 5.97 Å². The maximum Gasteiger partial charge on any atom is 0.309 e. The first-order valence-electron chi connectivity index (χ1n) is 6.22. The van der Waals surface area contributed by atoms with Gasteiger partial charge in [0.25, 0.3) is 5.91 Å². The summed E-state index contributed by atoms with van der Waals surface area (Å²) in [5.74, 6) is -0.418. The smallest absolute Gasteiger partial charge is 0.309 e. The van der Waals surface area contributed by atoms with Crippen molar-refractivity contribution in [2.75, 3.05) is 6.54 Å². The highest BCUT2D eigenvalue weighted by Crippen LogP contribution is 2.19. The topological polar surface area (TPSA) is 92.4 Å². The van der Waals surface area contributed by atoms with E-state index in [1.807, 2.05) is 13.8 Å². The molecule has 1 heterocycles. The number of rotatable bonds is 6. The number of amides is 1. The Morgan fingerprint density at radius 3 is 2.58 bits per heavy atom. The summed E-state index contributed by atoms with van der Waals surface area (Å²) in [4.78, 5) is 22.7. The summed E-state index contributed by atoms with van der Waals surface area (Å²) in [6, 6.07) is 1.60. The van der Waals surface area contributed by atoms with Crippen LogP contribution < -0.4 is 5.32 Å². The second-order valence-electron chi connectivity index (χ2n) is 5.46. The van der Waals surface area contributed by atoms with Crippen molar-refractivity contribution in [1.29, 1.82) is 0 Å². The number of nitrogens with one attached hydrogen (secondary N) is 1. The number of hydrogen-bond donors (Lipinski definition) is 2. The molecule has 2 N–H and O–H groups in total. The number of carboxylic acids is 1. The zero-order valence-electron chi connectivity index (χ0n) is 11.7. The normalized spacial score (nSPS) is 11.6. The van der Waals surface area contributed by atoms with E-state index in [0.717, 1.165) is 0 Å². The molecule has 1 rings (SSSR count). The minimum Gasteiger partial charge on any atom is -0.481 e. The molecule has 0 aliphatic heterocycles. The van der Waals surface area contributed by atoms with E-state index in [9.17, 15) is 9.59 Å². The molecule has 1 amide bonds. The van der Waals surface area contributed by atoms with Crippen LogP contribution in [0.4, 0.5) is 0 Å². The van der Waals surface area contributed by atoms with Crippen LogP contribution in [-0.2, 0) is 4.79 Å². The van der Waals surface area contributed by atoms with Crippen LogP contribution in [0.15, 0.2) is 10.6 Å². The molecule has 0 aliphatic carbocycles. The van der Waals surface area contributed by atoms with Gasteiger partial charge in [-0.05, 0) is 20.3 Å². The van der Waals surface area contributed by atoms with Crippen molar-refractivity contribution in [2.24, 2.45) is 5.41 Å². The zero-order valence-corrected chi connectivity index (χ0v) is 11.7. The van der Waals surface area contributed by atoms with Crippen molar-refractivity contribution in [2.45, 2.75) is 40.0 Å². The zero-order chi connectivity index (χ0) is 14.6. The highest BCUT2D eigenvalue weighted by atomic mass is 16.5. The molecular weight excluding hydrogens is 248 g/mol. The molecule has 0 spiro atoms. The van der Waals surface area contributed by atoms with Crippen LogP contribution in [0.5, 0.6) is 0 Å². The minimum atomic E-state index is -0.884. The van der Waals surface area contributed by atoms with Gasteiger partial charge in [0.1, 0.15) is 5.76 Å². The third kappa shape index (κ3) is 4.08. The van der Waals surface area contributed by atoms with E-state index in [4.69, 9.17) is 9.63 Å². The summed E-state index contributed by atoms with van der Waals surface area (Å²) in [5, 5.41) is 15.3. The summed E-state index contributed by atoms with van der Waals surface area (Å²) in [6.07, 6.45) is 0.350. The van der Waals surface area contributed by atoms with E-state index < -0.39 is 11.4 Å². The maximum atomic E-state index is 11.8. The molecule has 0 atom stereocenters. The van der Waals surface area contributed by atoms with Crippen LogP contribution in [0.25, 0.3) is 0 Å². The fourth-order valence-electron chi connectivity index (χ4n) is 1.35. The Morgan fingerprint density at radius 1 is 1.47 bits per heavy atom. The molecule has 0 aliphatic rings. The first kappa shape index (κ1) is 15.2. The predicted molar refractivity (Wildman–Crippen MR) is 69.0 cm³/mol. The third-order valence-electron chi connectivity index (χ3n) is 2.94. The predicted octanol–water partition coefficient (Wildman–Crippen LogP) is 2.03. The Bertz CT molecular complexity index is 463. The van der Waals surface area contributed by atoms with Crippen LogP contribution in [0, 0.1) is 5.41 Å². The molecule has 6 heteroatoms. The molecule has 106 valence electrons. The number of carbonyl (C=O) groups excluding carboxylic acids is 1. The first-order chi connectivity index (χ1) is 8.74. The van der Waals surface area contributed by atoms with Crippen LogP contribution in [0.3, 0.4) is 0 Å². The number of aromatic nitrogens is 1. The van der Waals surface area contributed by atoms with Gasteiger partial charge in [0.15, 0.2) is 5.69 Å². The lowest BCUT2D eigenvalue weighted by Gasteiger charge is -2.18. The molecule has 0 unspecified atom stereocenters. The number of hydrogen-bond acceptors (Lipinski definition) is 4. The second-order valence-corrected chi connectivity index (χ2v) is 5.46. The fraction of sp³-hybridized carbons (Fsp3) is 0.615. The van der Waals surface area contributed by atoms with Crippen LogP contribution >= 0.6 is 0 Å². The van der Waals surface area contributed by atoms with Gasteiger partial charge in [-0.3, -0.25) is 9.59 Å². The monoisotopic (exact) mass is 268 g/mol. The van der Waals surface area contributed by atoms with Crippen molar-refractivity contribution in [1.82, 2.24) is 10.5 Å². The molecule has 19 heavy (non-hydrogen) atoms. The number of aliphatic carboxylic acids is 1. The third-order valence-corrected chi connectivity index (χ3v) is 2.94. The van der Waals surface area contributed by atoms with E-state index in [1.165, 1.54) is 0 Å². The Kier molecular flexibility index (Phi) is 4.69. The standard InChI is InChI=1S/C13H20N2O4/c1-8(2)10-7-9(15-19-10)11(16)14-6-5-13(3,4)12(17)18/h7-8H,5-6H2,1-4H3,(H,14,16)(H,17,18). The fourth-order valence-corrected chi connectivity index (χ4v) is 1.35.